The van der Waals surface area contributed by atoms with E-state index in [1.807, 2.05) is 37.1 Å². The van der Waals surface area contributed by atoms with Crippen LogP contribution < -0.4 is 5.32 Å². The number of likely N-dealkylation sites (N-methyl/N-ethyl adjacent to an activating group) is 1. The number of piperazine rings is 1. The van der Waals surface area contributed by atoms with Gasteiger partial charge in [-0.05, 0) is 31.7 Å². The molecule has 1 aliphatic heterocycles. The van der Waals surface area contributed by atoms with Crippen LogP contribution in [-0.2, 0) is 11.3 Å². The van der Waals surface area contributed by atoms with Gasteiger partial charge in [0.05, 0.1) is 12.1 Å². The van der Waals surface area contributed by atoms with Crippen LogP contribution >= 0.6 is 0 Å². The number of hydrogen-bond donors (Lipinski definition) is 1. The van der Waals surface area contributed by atoms with Crippen LogP contribution in [0.5, 0.6) is 0 Å². The van der Waals surface area contributed by atoms with Crippen LogP contribution in [0.3, 0.4) is 0 Å². The number of para-hydroxylation sites is 1. The first-order chi connectivity index (χ1) is 11.1. The van der Waals surface area contributed by atoms with Crippen molar-refractivity contribution in [3.63, 3.8) is 0 Å². The summed E-state index contributed by atoms with van der Waals surface area (Å²) in [4.78, 5) is 21.0. The van der Waals surface area contributed by atoms with Gasteiger partial charge >= 0.3 is 0 Å². The molecule has 0 bridgehead atoms. The second-order valence-corrected chi connectivity index (χ2v) is 6.24. The third-order valence-corrected chi connectivity index (χ3v) is 4.25. The average Bonchev–Trinajstić information content (AvgIpc) is 2.55. The van der Waals surface area contributed by atoms with Gasteiger partial charge in [-0.2, -0.15) is 0 Å². The molecule has 2 heterocycles. The standard InChI is InChI=1S/C18H24N4O/c1-14-11-15(16-5-3-4-6-17(16)20-14)12-21(2)13-18(23)22-9-7-19-8-10-22/h3-6,11,19H,7-10,12-13H2,1-2H3. The summed E-state index contributed by atoms with van der Waals surface area (Å²) in [5.41, 5.74) is 3.26. The molecule has 122 valence electrons. The van der Waals surface area contributed by atoms with E-state index in [9.17, 15) is 4.79 Å². The molecule has 23 heavy (non-hydrogen) atoms. The van der Waals surface area contributed by atoms with Gasteiger partial charge in [-0.15, -0.1) is 0 Å². The minimum absolute atomic E-state index is 0.212. The van der Waals surface area contributed by atoms with E-state index in [0.29, 0.717) is 6.54 Å². The Morgan fingerprint density at radius 1 is 1.30 bits per heavy atom. The monoisotopic (exact) mass is 312 g/mol. The lowest BCUT2D eigenvalue weighted by atomic mass is 10.1. The number of amides is 1. The van der Waals surface area contributed by atoms with Crippen molar-refractivity contribution in [1.29, 1.82) is 0 Å². The molecule has 0 aliphatic carbocycles. The van der Waals surface area contributed by atoms with Crippen molar-refractivity contribution in [2.75, 3.05) is 39.8 Å². The average molecular weight is 312 g/mol. The van der Waals surface area contributed by atoms with E-state index in [0.717, 1.165) is 43.9 Å². The second kappa shape index (κ2) is 7.06. The number of carbonyl (C=O) groups excluding carboxylic acids is 1. The molecule has 0 spiro atoms. The molecule has 1 N–H and O–H groups in total. The summed E-state index contributed by atoms with van der Waals surface area (Å²) in [6.07, 6.45) is 0. The number of benzene rings is 1. The van der Waals surface area contributed by atoms with Crippen molar-refractivity contribution in [1.82, 2.24) is 20.1 Å². The third kappa shape index (κ3) is 3.86. The van der Waals surface area contributed by atoms with E-state index in [-0.39, 0.29) is 5.91 Å². The Kier molecular flexibility index (Phi) is 4.88. The second-order valence-electron chi connectivity index (χ2n) is 6.24. The Morgan fingerprint density at radius 3 is 2.83 bits per heavy atom. The lowest BCUT2D eigenvalue weighted by molar-refractivity contribution is -0.132. The third-order valence-electron chi connectivity index (χ3n) is 4.25. The summed E-state index contributed by atoms with van der Waals surface area (Å²) >= 11 is 0. The predicted molar refractivity (Wildman–Crippen MR) is 92.3 cm³/mol. The number of nitrogens with one attached hydrogen (secondary N) is 1. The minimum Gasteiger partial charge on any atom is -0.339 e. The van der Waals surface area contributed by atoms with Crippen LogP contribution in [0.4, 0.5) is 0 Å². The molecule has 1 aromatic heterocycles. The number of fused-ring (bicyclic) bond motifs is 1. The maximum Gasteiger partial charge on any atom is 0.236 e. The number of rotatable bonds is 4. The van der Waals surface area contributed by atoms with Gasteiger partial charge in [0.15, 0.2) is 0 Å². The first-order valence-electron chi connectivity index (χ1n) is 8.16. The molecule has 0 saturated carbocycles. The molecular formula is C18H24N4O. The molecule has 1 amide bonds. The Bertz CT molecular complexity index is 694. The fraction of sp³-hybridized carbons (Fsp3) is 0.444. The van der Waals surface area contributed by atoms with Gasteiger partial charge in [-0.25, -0.2) is 0 Å². The lowest BCUT2D eigenvalue weighted by Gasteiger charge is -2.29. The minimum atomic E-state index is 0.212. The van der Waals surface area contributed by atoms with Gasteiger partial charge in [0, 0.05) is 43.8 Å². The predicted octanol–water partition coefficient (Wildman–Crippen LogP) is 1.41. The van der Waals surface area contributed by atoms with Crippen molar-refractivity contribution in [3.8, 4) is 0 Å². The molecule has 0 radical (unpaired) electrons. The molecule has 0 unspecified atom stereocenters. The fourth-order valence-electron chi connectivity index (χ4n) is 3.12. The van der Waals surface area contributed by atoms with E-state index in [2.05, 4.69) is 27.3 Å². The van der Waals surface area contributed by atoms with Crippen molar-refractivity contribution < 1.29 is 4.79 Å². The zero-order chi connectivity index (χ0) is 16.2. The molecule has 2 aromatic rings. The SMILES string of the molecule is Cc1cc(CN(C)CC(=O)N2CCNCC2)c2ccccc2n1. The van der Waals surface area contributed by atoms with E-state index in [1.165, 1.54) is 10.9 Å². The summed E-state index contributed by atoms with van der Waals surface area (Å²) in [5, 5.41) is 4.44. The quantitative estimate of drug-likeness (QED) is 0.927. The molecule has 5 heteroatoms. The summed E-state index contributed by atoms with van der Waals surface area (Å²) in [5.74, 6) is 0.212. The summed E-state index contributed by atoms with van der Waals surface area (Å²) in [6, 6.07) is 10.3. The van der Waals surface area contributed by atoms with Crippen molar-refractivity contribution in [3.05, 3.63) is 41.6 Å². The summed E-state index contributed by atoms with van der Waals surface area (Å²) in [7, 11) is 2.00. The van der Waals surface area contributed by atoms with E-state index in [1.54, 1.807) is 0 Å². The van der Waals surface area contributed by atoms with Crippen LogP contribution in [0.1, 0.15) is 11.3 Å². The van der Waals surface area contributed by atoms with E-state index >= 15 is 0 Å². The van der Waals surface area contributed by atoms with Gasteiger partial charge < -0.3 is 10.2 Å². The molecule has 5 nitrogen and oxygen atoms in total. The highest BCUT2D eigenvalue weighted by atomic mass is 16.2. The molecule has 1 aliphatic rings. The Labute approximate surface area is 137 Å². The zero-order valence-electron chi connectivity index (χ0n) is 13.9. The highest BCUT2D eigenvalue weighted by molar-refractivity contribution is 5.82. The topological polar surface area (TPSA) is 48.5 Å². The zero-order valence-corrected chi connectivity index (χ0v) is 13.9. The first-order valence-corrected chi connectivity index (χ1v) is 8.16. The Balaban J connectivity index is 1.70. The maximum atomic E-state index is 12.4. The van der Waals surface area contributed by atoms with Gasteiger partial charge in [0.2, 0.25) is 5.91 Å². The number of hydrogen-bond acceptors (Lipinski definition) is 4. The van der Waals surface area contributed by atoms with Crippen LogP contribution in [0.2, 0.25) is 0 Å². The Hall–Kier alpha value is -1.98. The highest BCUT2D eigenvalue weighted by Crippen LogP contribution is 2.19. The number of aryl methyl sites for hydroxylation is 1. The molecule has 1 saturated heterocycles. The molecular weight excluding hydrogens is 288 g/mol. The lowest BCUT2D eigenvalue weighted by Crippen LogP contribution is -2.49. The fourth-order valence-corrected chi connectivity index (χ4v) is 3.12. The number of pyridine rings is 1. The van der Waals surface area contributed by atoms with Crippen molar-refractivity contribution in [2.45, 2.75) is 13.5 Å². The summed E-state index contributed by atoms with van der Waals surface area (Å²) in [6.45, 7) is 6.63. The molecule has 0 atom stereocenters. The maximum absolute atomic E-state index is 12.4. The van der Waals surface area contributed by atoms with Crippen LogP contribution in [0, 0.1) is 6.92 Å². The normalized spacial score (nSPS) is 15.3. The van der Waals surface area contributed by atoms with Gasteiger partial charge in [0.1, 0.15) is 0 Å². The molecule has 1 fully saturated rings. The van der Waals surface area contributed by atoms with E-state index < -0.39 is 0 Å². The number of aromatic nitrogens is 1. The number of nitrogens with zero attached hydrogens (tertiary/aromatic N) is 3. The van der Waals surface area contributed by atoms with Gasteiger partial charge in [0.25, 0.3) is 0 Å². The highest BCUT2D eigenvalue weighted by Gasteiger charge is 2.18. The van der Waals surface area contributed by atoms with Gasteiger partial charge in [-0.1, -0.05) is 18.2 Å². The van der Waals surface area contributed by atoms with Crippen LogP contribution in [0.25, 0.3) is 10.9 Å². The summed E-state index contributed by atoms with van der Waals surface area (Å²) < 4.78 is 0. The Morgan fingerprint density at radius 2 is 2.04 bits per heavy atom. The van der Waals surface area contributed by atoms with E-state index in [4.69, 9.17) is 0 Å². The van der Waals surface area contributed by atoms with Gasteiger partial charge in [-0.3, -0.25) is 14.7 Å². The first kappa shape index (κ1) is 15.9. The van der Waals surface area contributed by atoms with Crippen LogP contribution in [-0.4, -0.2) is 60.5 Å². The molecule has 1 aromatic carbocycles. The van der Waals surface area contributed by atoms with Crippen molar-refractivity contribution >= 4 is 16.8 Å². The van der Waals surface area contributed by atoms with Crippen molar-refractivity contribution in [2.24, 2.45) is 0 Å². The number of carbonyl (C=O) groups is 1. The largest absolute Gasteiger partial charge is 0.339 e. The molecule has 3 rings (SSSR count). The smallest absolute Gasteiger partial charge is 0.236 e. The van der Waals surface area contributed by atoms with Crippen LogP contribution in [0.15, 0.2) is 30.3 Å².